The summed E-state index contributed by atoms with van der Waals surface area (Å²) in [6.07, 6.45) is 1.69. The topological polar surface area (TPSA) is 29.9 Å². The summed E-state index contributed by atoms with van der Waals surface area (Å²) in [5, 5.41) is 7.85. The zero-order chi connectivity index (χ0) is 15.6. The van der Waals surface area contributed by atoms with Gasteiger partial charge in [-0.05, 0) is 69.7 Å². The van der Waals surface area contributed by atoms with Gasteiger partial charge in [0.1, 0.15) is 5.82 Å². The van der Waals surface area contributed by atoms with Gasteiger partial charge >= 0.3 is 0 Å². The highest BCUT2D eigenvalue weighted by Gasteiger charge is 2.19. The molecule has 3 nitrogen and oxygen atoms in total. The maximum Gasteiger partial charge on any atom is 0.124 e. The molecule has 114 valence electrons. The number of benzene rings is 1. The molecule has 2 aromatic rings. The van der Waals surface area contributed by atoms with Gasteiger partial charge in [0.25, 0.3) is 0 Å². The third-order valence-electron chi connectivity index (χ3n) is 3.59. The highest BCUT2D eigenvalue weighted by molar-refractivity contribution is 14.1. The number of nitrogens with one attached hydrogen (secondary N) is 1. The van der Waals surface area contributed by atoms with Crippen LogP contribution >= 0.6 is 38.5 Å². The molecular formula is C15H18BrFIN3. The minimum Gasteiger partial charge on any atom is -0.313 e. The second kappa shape index (κ2) is 7.19. The standard InChI is InChI=1S/C15H18BrFIN3/c1-4-12-15(16)14(21(3)20-12)8-13(19-2)10-6-5-9(17)7-11(10)18/h5-7,13,19H,4,8H2,1-3H3. The molecule has 0 saturated heterocycles. The van der Waals surface area contributed by atoms with E-state index in [2.05, 4.69) is 55.9 Å². The number of hydrogen-bond acceptors (Lipinski definition) is 2. The van der Waals surface area contributed by atoms with Crippen molar-refractivity contribution in [3.05, 3.63) is 49.0 Å². The molecule has 6 heteroatoms. The third kappa shape index (κ3) is 3.65. The van der Waals surface area contributed by atoms with Crippen LogP contribution in [0, 0.1) is 9.39 Å². The summed E-state index contributed by atoms with van der Waals surface area (Å²) in [5.74, 6) is -0.201. The lowest BCUT2D eigenvalue weighted by Crippen LogP contribution is -2.21. The molecule has 2 rings (SSSR count). The second-order valence-electron chi connectivity index (χ2n) is 4.90. The average molecular weight is 466 g/mol. The van der Waals surface area contributed by atoms with E-state index in [1.54, 1.807) is 6.07 Å². The van der Waals surface area contributed by atoms with Crippen molar-refractivity contribution in [2.24, 2.45) is 7.05 Å². The molecule has 0 fully saturated rings. The first kappa shape index (κ1) is 16.9. The normalized spacial score (nSPS) is 12.7. The smallest absolute Gasteiger partial charge is 0.124 e. The Hall–Kier alpha value is -0.470. The van der Waals surface area contributed by atoms with Gasteiger partial charge < -0.3 is 5.32 Å². The molecule has 0 aliphatic heterocycles. The van der Waals surface area contributed by atoms with E-state index < -0.39 is 0 Å². The first-order chi connectivity index (χ1) is 9.97. The predicted molar refractivity (Wildman–Crippen MR) is 94.9 cm³/mol. The minimum atomic E-state index is -0.201. The molecule has 1 N–H and O–H groups in total. The summed E-state index contributed by atoms with van der Waals surface area (Å²) in [6, 6.07) is 5.05. The Bertz CT molecular complexity index is 642. The van der Waals surface area contributed by atoms with E-state index in [1.807, 2.05) is 24.8 Å². The van der Waals surface area contributed by atoms with E-state index in [1.165, 1.54) is 6.07 Å². The lowest BCUT2D eigenvalue weighted by Gasteiger charge is -2.18. The van der Waals surface area contributed by atoms with Gasteiger partial charge in [0.05, 0.1) is 15.9 Å². The molecule has 0 aliphatic carbocycles. The van der Waals surface area contributed by atoms with E-state index in [0.29, 0.717) is 0 Å². The maximum absolute atomic E-state index is 13.3. The molecule has 1 atom stereocenters. The largest absolute Gasteiger partial charge is 0.313 e. The summed E-state index contributed by atoms with van der Waals surface area (Å²) in [4.78, 5) is 0. The zero-order valence-electron chi connectivity index (χ0n) is 12.3. The first-order valence-corrected chi connectivity index (χ1v) is 8.67. The Kier molecular flexibility index (Phi) is 5.79. The molecule has 1 unspecified atom stereocenters. The number of halogens is 3. The molecule has 0 aliphatic rings. The Morgan fingerprint density at radius 3 is 2.71 bits per heavy atom. The first-order valence-electron chi connectivity index (χ1n) is 6.80. The van der Waals surface area contributed by atoms with E-state index in [-0.39, 0.29) is 11.9 Å². The molecule has 0 saturated carbocycles. The molecule has 0 bridgehead atoms. The van der Waals surface area contributed by atoms with Crippen LogP contribution in [0.25, 0.3) is 0 Å². The average Bonchev–Trinajstić information content (AvgIpc) is 2.72. The van der Waals surface area contributed by atoms with Crippen molar-refractivity contribution in [1.29, 1.82) is 0 Å². The van der Waals surface area contributed by atoms with Gasteiger partial charge in [-0.2, -0.15) is 5.10 Å². The van der Waals surface area contributed by atoms with Crippen LogP contribution in [0.3, 0.4) is 0 Å². The Labute approximate surface area is 146 Å². The van der Waals surface area contributed by atoms with Gasteiger partial charge in [0.2, 0.25) is 0 Å². The Morgan fingerprint density at radius 1 is 1.48 bits per heavy atom. The molecular weight excluding hydrogens is 448 g/mol. The summed E-state index contributed by atoms with van der Waals surface area (Å²) in [6.45, 7) is 2.09. The van der Waals surface area contributed by atoms with Crippen LogP contribution in [0.5, 0.6) is 0 Å². The second-order valence-corrected chi connectivity index (χ2v) is 6.85. The van der Waals surface area contributed by atoms with Crippen LogP contribution in [0.1, 0.15) is 29.9 Å². The molecule has 0 radical (unpaired) electrons. The number of hydrogen-bond donors (Lipinski definition) is 1. The minimum absolute atomic E-state index is 0.119. The number of rotatable bonds is 5. The lowest BCUT2D eigenvalue weighted by molar-refractivity contribution is 0.555. The zero-order valence-corrected chi connectivity index (χ0v) is 16.0. The summed E-state index contributed by atoms with van der Waals surface area (Å²) in [5.41, 5.74) is 3.31. The SMILES string of the molecule is CCc1nn(C)c(CC(NC)c2ccc(F)cc2I)c1Br. The van der Waals surface area contributed by atoms with Crippen molar-refractivity contribution in [2.45, 2.75) is 25.8 Å². The Morgan fingerprint density at radius 2 is 2.19 bits per heavy atom. The van der Waals surface area contributed by atoms with E-state index in [0.717, 1.165) is 37.8 Å². The lowest BCUT2D eigenvalue weighted by atomic mass is 10.0. The monoisotopic (exact) mass is 465 g/mol. The maximum atomic E-state index is 13.3. The highest BCUT2D eigenvalue weighted by atomic mass is 127. The van der Waals surface area contributed by atoms with E-state index in [4.69, 9.17) is 0 Å². The molecule has 0 spiro atoms. The van der Waals surface area contributed by atoms with Crippen molar-refractivity contribution in [3.8, 4) is 0 Å². The Balaban J connectivity index is 2.33. The molecule has 1 heterocycles. The number of nitrogens with zero attached hydrogens (tertiary/aromatic N) is 2. The van der Waals surface area contributed by atoms with Crippen molar-refractivity contribution in [3.63, 3.8) is 0 Å². The molecule has 0 amide bonds. The van der Waals surface area contributed by atoms with Gasteiger partial charge in [-0.25, -0.2) is 4.39 Å². The molecule has 1 aromatic heterocycles. The number of likely N-dealkylation sites (N-methyl/N-ethyl adjacent to an activating group) is 1. The molecule has 21 heavy (non-hydrogen) atoms. The highest BCUT2D eigenvalue weighted by Crippen LogP contribution is 2.28. The van der Waals surface area contributed by atoms with Crippen LogP contribution < -0.4 is 5.32 Å². The number of aryl methyl sites for hydroxylation is 2. The fourth-order valence-electron chi connectivity index (χ4n) is 2.39. The number of aromatic nitrogens is 2. The van der Waals surface area contributed by atoms with Gasteiger partial charge in [0, 0.05) is 23.1 Å². The van der Waals surface area contributed by atoms with E-state index in [9.17, 15) is 4.39 Å². The van der Waals surface area contributed by atoms with Crippen LogP contribution in [0.15, 0.2) is 22.7 Å². The fourth-order valence-corrected chi connectivity index (χ4v) is 4.02. The van der Waals surface area contributed by atoms with Gasteiger partial charge in [0.15, 0.2) is 0 Å². The third-order valence-corrected chi connectivity index (χ3v) is 5.44. The molecule has 1 aromatic carbocycles. The van der Waals surface area contributed by atoms with Gasteiger partial charge in [-0.15, -0.1) is 0 Å². The van der Waals surface area contributed by atoms with Crippen molar-refractivity contribution < 1.29 is 4.39 Å². The van der Waals surface area contributed by atoms with Crippen molar-refractivity contribution in [1.82, 2.24) is 15.1 Å². The van der Waals surface area contributed by atoms with Crippen molar-refractivity contribution in [2.75, 3.05) is 7.05 Å². The van der Waals surface area contributed by atoms with Gasteiger partial charge in [-0.3, -0.25) is 4.68 Å². The van der Waals surface area contributed by atoms with Crippen molar-refractivity contribution >= 4 is 38.5 Å². The van der Waals surface area contributed by atoms with Crippen LogP contribution in [-0.4, -0.2) is 16.8 Å². The van der Waals surface area contributed by atoms with Gasteiger partial charge in [-0.1, -0.05) is 13.0 Å². The van der Waals surface area contributed by atoms with E-state index >= 15 is 0 Å². The summed E-state index contributed by atoms with van der Waals surface area (Å²) >= 11 is 5.83. The summed E-state index contributed by atoms with van der Waals surface area (Å²) in [7, 11) is 3.89. The van der Waals surface area contributed by atoms with Crippen LogP contribution in [-0.2, 0) is 19.9 Å². The summed E-state index contributed by atoms with van der Waals surface area (Å²) < 4.78 is 17.2. The predicted octanol–water partition coefficient (Wildman–Crippen LogP) is 3.99. The quantitative estimate of drug-likeness (QED) is 0.676. The van der Waals surface area contributed by atoms with Crippen LogP contribution in [0.4, 0.5) is 4.39 Å². The van der Waals surface area contributed by atoms with Crippen LogP contribution in [0.2, 0.25) is 0 Å². The fraction of sp³-hybridized carbons (Fsp3) is 0.400.